The minimum atomic E-state index is 0. The van der Waals surface area contributed by atoms with Crippen LogP contribution in [0.1, 0.15) is 46.5 Å². The van der Waals surface area contributed by atoms with Gasteiger partial charge in [-0.15, -0.1) is 17.0 Å². The van der Waals surface area contributed by atoms with E-state index in [2.05, 4.69) is 140 Å². The predicted molar refractivity (Wildman–Crippen MR) is 153 cm³/mol. The monoisotopic (exact) mass is 524 g/mol. The maximum absolute atomic E-state index is 2.60. The Balaban J connectivity index is 0.00000289. The Morgan fingerprint density at radius 3 is 1.54 bits per heavy atom. The molecule has 0 spiro atoms. The maximum atomic E-state index is 2.60. The van der Waals surface area contributed by atoms with Crippen molar-refractivity contribution in [3.8, 4) is 0 Å². The Morgan fingerprint density at radius 2 is 1.06 bits per heavy atom. The molecular formula is C32H33BrN2. The Morgan fingerprint density at radius 1 is 0.600 bits per heavy atom. The zero-order valence-corrected chi connectivity index (χ0v) is 22.4. The molecule has 0 aliphatic carbocycles. The molecule has 0 N–H and O–H groups in total. The van der Waals surface area contributed by atoms with Gasteiger partial charge in [0, 0.05) is 24.2 Å². The van der Waals surface area contributed by atoms with E-state index < -0.39 is 0 Å². The molecule has 0 bridgehead atoms. The van der Waals surface area contributed by atoms with Gasteiger partial charge in [-0.25, -0.2) is 0 Å². The molecule has 5 rings (SSSR count). The molecule has 0 aromatic heterocycles. The molecule has 1 heterocycles. The summed E-state index contributed by atoms with van der Waals surface area (Å²) >= 11 is 0. The summed E-state index contributed by atoms with van der Waals surface area (Å²) in [6.45, 7) is 8.44. The fourth-order valence-electron chi connectivity index (χ4n) is 5.28. The van der Waals surface area contributed by atoms with Gasteiger partial charge in [0.25, 0.3) is 0 Å². The molecule has 4 aromatic carbocycles. The van der Waals surface area contributed by atoms with Gasteiger partial charge in [0.15, 0.2) is 0 Å². The SMILES string of the molecule is Br.CCN1C(c2ccccc2)=C(c2ccccc2)N(Cc2ccccc2)C1c1cc(C)cc(C)c1. The van der Waals surface area contributed by atoms with Crippen molar-refractivity contribution in [2.75, 3.05) is 6.54 Å². The fourth-order valence-corrected chi connectivity index (χ4v) is 5.28. The van der Waals surface area contributed by atoms with Crippen LogP contribution in [-0.2, 0) is 6.54 Å². The summed E-state index contributed by atoms with van der Waals surface area (Å²) in [5.41, 5.74) is 10.4. The van der Waals surface area contributed by atoms with Crippen LogP contribution in [0.5, 0.6) is 0 Å². The third-order valence-electron chi connectivity index (χ3n) is 6.56. The summed E-state index contributed by atoms with van der Waals surface area (Å²) in [7, 11) is 0. The van der Waals surface area contributed by atoms with Crippen molar-refractivity contribution < 1.29 is 0 Å². The summed E-state index contributed by atoms with van der Waals surface area (Å²) < 4.78 is 0. The molecule has 35 heavy (non-hydrogen) atoms. The standard InChI is InChI=1S/C32H32N2.BrH/c1-4-33-30(27-16-10-6-11-17-27)31(28-18-12-7-13-19-28)34(23-26-14-8-5-9-15-26)32(33)29-21-24(2)20-25(3)22-29;/h5-22,32H,4,23H2,1-3H3;1H. The van der Waals surface area contributed by atoms with E-state index >= 15 is 0 Å². The fraction of sp³-hybridized carbons (Fsp3) is 0.188. The van der Waals surface area contributed by atoms with Gasteiger partial charge in [-0.05, 0) is 31.9 Å². The Bertz CT molecular complexity index is 1260. The molecule has 1 unspecified atom stereocenters. The van der Waals surface area contributed by atoms with E-state index in [9.17, 15) is 0 Å². The summed E-state index contributed by atoms with van der Waals surface area (Å²) in [6, 6.07) is 39.6. The minimum absolute atomic E-state index is 0. The second-order valence-electron chi connectivity index (χ2n) is 9.12. The molecule has 2 nitrogen and oxygen atoms in total. The molecule has 0 amide bonds. The van der Waals surface area contributed by atoms with Crippen molar-refractivity contribution in [1.29, 1.82) is 0 Å². The van der Waals surface area contributed by atoms with Gasteiger partial charge in [0.2, 0.25) is 0 Å². The highest BCUT2D eigenvalue weighted by atomic mass is 79.9. The first-order valence-electron chi connectivity index (χ1n) is 12.2. The number of hydrogen-bond acceptors (Lipinski definition) is 2. The van der Waals surface area contributed by atoms with Crippen LogP contribution in [-0.4, -0.2) is 16.3 Å². The summed E-state index contributed by atoms with van der Waals surface area (Å²) in [4.78, 5) is 5.18. The highest BCUT2D eigenvalue weighted by Crippen LogP contribution is 2.48. The highest BCUT2D eigenvalue weighted by Gasteiger charge is 2.39. The van der Waals surface area contributed by atoms with Crippen LogP contribution < -0.4 is 0 Å². The smallest absolute Gasteiger partial charge is 0.128 e. The van der Waals surface area contributed by atoms with Gasteiger partial charge >= 0.3 is 0 Å². The van der Waals surface area contributed by atoms with Crippen LogP contribution in [0, 0.1) is 13.8 Å². The number of rotatable bonds is 6. The van der Waals surface area contributed by atoms with Crippen molar-refractivity contribution in [1.82, 2.24) is 9.80 Å². The first-order valence-corrected chi connectivity index (χ1v) is 12.2. The lowest BCUT2D eigenvalue weighted by Gasteiger charge is -2.35. The molecular weight excluding hydrogens is 492 g/mol. The molecule has 0 saturated carbocycles. The average molecular weight is 526 g/mol. The van der Waals surface area contributed by atoms with E-state index in [4.69, 9.17) is 0 Å². The van der Waals surface area contributed by atoms with E-state index in [1.54, 1.807) is 0 Å². The number of halogens is 1. The second kappa shape index (κ2) is 11.0. The largest absolute Gasteiger partial charge is 0.345 e. The second-order valence-corrected chi connectivity index (χ2v) is 9.12. The lowest BCUT2D eigenvalue weighted by Crippen LogP contribution is -2.32. The Kier molecular flexibility index (Phi) is 7.77. The Labute approximate surface area is 220 Å². The van der Waals surface area contributed by atoms with Gasteiger partial charge in [-0.3, -0.25) is 0 Å². The predicted octanol–water partition coefficient (Wildman–Crippen LogP) is 8.24. The number of aryl methyl sites for hydroxylation is 2. The van der Waals surface area contributed by atoms with Crippen LogP contribution >= 0.6 is 17.0 Å². The van der Waals surface area contributed by atoms with Crippen molar-refractivity contribution in [3.63, 3.8) is 0 Å². The van der Waals surface area contributed by atoms with Crippen LogP contribution in [0.2, 0.25) is 0 Å². The molecule has 0 radical (unpaired) electrons. The summed E-state index contributed by atoms with van der Waals surface area (Å²) in [5, 5.41) is 0. The first-order chi connectivity index (χ1) is 16.7. The minimum Gasteiger partial charge on any atom is -0.345 e. The van der Waals surface area contributed by atoms with Crippen LogP contribution in [0.3, 0.4) is 0 Å². The molecule has 0 saturated heterocycles. The average Bonchev–Trinajstić information content (AvgIpc) is 3.19. The quantitative estimate of drug-likeness (QED) is 0.250. The molecule has 178 valence electrons. The zero-order chi connectivity index (χ0) is 23.5. The molecule has 3 heteroatoms. The van der Waals surface area contributed by atoms with Crippen LogP contribution in [0.4, 0.5) is 0 Å². The van der Waals surface area contributed by atoms with Crippen molar-refractivity contribution in [2.45, 2.75) is 33.5 Å². The highest BCUT2D eigenvalue weighted by molar-refractivity contribution is 8.93. The van der Waals surface area contributed by atoms with E-state index in [0.29, 0.717) is 0 Å². The van der Waals surface area contributed by atoms with Crippen molar-refractivity contribution in [3.05, 3.63) is 143 Å². The van der Waals surface area contributed by atoms with E-state index in [1.807, 2.05) is 0 Å². The Hall–Kier alpha value is -3.30. The van der Waals surface area contributed by atoms with Crippen molar-refractivity contribution in [2.24, 2.45) is 0 Å². The molecule has 1 atom stereocenters. The van der Waals surface area contributed by atoms with Gasteiger partial charge < -0.3 is 9.80 Å². The molecule has 0 fully saturated rings. The third-order valence-corrected chi connectivity index (χ3v) is 6.56. The topological polar surface area (TPSA) is 6.48 Å². The van der Waals surface area contributed by atoms with Crippen molar-refractivity contribution >= 4 is 28.4 Å². The number of benzene rings is 4. The molecule has 4 aromatic rings. The van der Waals surface area contributed by atoms with Crippen LogP contribution in [0.25, 0.3) is 11.4 Å². The van der Waals surface area contributed by atoms with Gasteiger partial charge in [-0.1, -0.05) is 120 Å². The molecule has 1 aliphatic rings. The van der Waals surface area contributed by atoms with E-state index in [-0.39, 0.29) is 23.1 Å². The third kappa shape index (κ3) is 5.06. The summed E-state index contributed by atoms with van der Waals surface area (Å²) in [6.07, 6.45) is 0.120. The first kappa shape index (κ1) is 24.8. The van der Waals surface area contributed by atoms with Crippen LogP contribution in [0.15, 0.2) is 109 Å². The lowest BCUT2D eigenvalue weighted by atomic mass is 10.0. The van der Waals surface area contributed by atoms with Gasteiger partial charge in [0.1, 0.15) is 6.17 Å². The number of hydrogen-bond donors (Lipinski definition) is 0. The van der Waals surface area contributed by atoms with Gasteiger partial charge in [0.05, 0.1) is 11.4 Å². The normalized spacial score (nSPS) is 15.3. The van der Waals surface area contributed by atoms with E-state index in [1.165, 1.54) is 44.8 Å². The summed E-state index contributed by atoms with van der Waals surface area (Å²) in [5.74, 6) is 0. The molecule has 1 aliphatic heterocycles. The van der Waals surface area contributed by atoms with Gasteiger partial charge in [-0.2, -0.15) is 0 Å². The zero-order valence-electron chi connectivity index (χ0n) is 20.7. The van der Waals surface area contributed by atoms with E-state index in [0.717, 1.165) is 13.1 Å². The number of nitrogens with zero attached hydrogens (tertiary/aromatic N) is 2. The maximum Gasteiger partial charge on any atom is 0.128 e. The lowest BCUT2D eigenvalue weighted by molar-refractivity contribution is 0.167.